The third-order valence-electron chi connectivity index (χ3n) is 6.84. The van der Waals surface area contributed by atoms with Gasteiger partial charge in [0.25, 0.3) is 0 Å². The lowest BCUT2D eigenvalue weighted by molar-refractivity contribution is -0.126. The highest BCUT2D eigenvalue weighted by Crippen LogP contribution is 2.40. The Labute approximate surface area is 194 Å². The van der Waals surface area contributed by atoms with Crippen molar-refractivity contribution in [1.82, 2.24) is 9.62 Å². The Morgan fingerprint density at radius 2 is 1.97 bits per heavy atom. The maximum absolute atomic E-state index is 13.4. The lowest BCUT2D eigenvalue weighted by Crippen LogP contribution is -2.45. The average molecular weight is 472 g/mol. The van der Waals surface area contributed by atoms with Crippen molar-refractivity contribution in [2.75, 3.05) is 18.0 Å². The van der Waals surface area contributed by atoms with E-state index in [0.717, 1.165) is 24.1 Å². The fourth-order valence-corrected chi connectivity index (χ4v) is 6.46. The monoisotopic (exact) mass is 471 g/mol. The predicted octanol–water partition coefficient (Wildman–Crippen LogP) is 2.68. The lowest BCUT2D eigenvalue weighted by atomic mass is 9.99. The van der Waals surface area contributed by atoms with Crippen molar-refractivity contribution in [3.8, 4) is 0 Å². The van der Waals surface area contributed by atoms with E-state index in [4.69, 9.17) is 4.42 Å². The number of amides is 2. The van der Waals surface area contributed by atoms with E-state index < -0.39 is 15.9 Å². The number of hydrogen-bond acceptors (Lipinski definition) is 5. The van der Waals surface area contributed by atoms with E-state index in [1.807, 2.05) is 11.8 Å². The van der Waals surface area contributed by atoms with Crippen molar-refractivity contribution >= 4 is 27.5 Å². The molecule has 2 aliphatic heterocycles. The van der Waals surface area contributed by atoms with Crippen molar-refractivity contribution in [3.05, 3.63) is 47.9 Å². The first-order chi connectivity index (χ1) is 15.8. The average Bonchev–Trinajstić information content (AvgIpc) is 3.43. The molecule has 2 atom stereocenters. The summed E-state index contributed by atoms with van der Waals surface area (Å²) in [6.45, 7) is 2.84. The second-order valence-corrected chi connectivity index (χ2v) is 11.3. The number of hydrogen-bond donors (Lipinski definition) is 1. The van der Waals surface area contributed by atoms with Crippen LogP contribution in [-0.4, -0.2) is 43.7 Å². The maximum atomic E-state index is 13.4. The van der Waals surface area contributed by atoms with Crippen LogP contribution in [0.1, 0.15) is 43.9 Å². The number of nitrogens with zero attached hydrogens (tertiary/aromatic N) is 2. The first-order valence-electron chi connectivity index (χ1n) is 11.6. The van der Waals surface area contributed by atoms with Crippen LogP contribution in [0.2, 0.25) is 0 Å². The van der Waals surface area contributed by atoms with Gasteiger partial charge in [0.05, 0.1) is 23.6 Å². The van der Waals surface area contributed by atoms with Crippen LogP contribution in [0.15, 0.2) is 45.9 Å². The van der Waals surface area contributed by atoms with Gasteiger partial charge in [-0.25, -0.2) is 8.42 Å². The molecule has 0 bridgehead atoms. The third-order valence-corrected chi connectivity index (χ3v) is 8.70. The van der Waals surface area contributed by atoms with Gasteiger partial charge in [-0.1, -0.05) is 0 Å². The van der Waals surface area contributed by atoms with Crippen molar-refractivity contribution in [2.45, 2.75) is 56.5 Å². The van der Waals surface area contributed by atoms with E-state index in [1.54, 1.807) is 36.6 Å². The summed E-state index contributed by atoms with van der Waals surface area (Å²) in [6, 6.07) is 8.65. The Morgan fingerprint density at radius 1 is 1.15 bits per heavy atom. The number of rotatable bonds is 6. The van der Waals surface area contributed by atoms with Crippen LogP contribution >= 0.6 is 0 Å². The zero-order valence-corrected chi connectivity index (χ0v) is 19.5. The number of anilines is 1. The smallest absolute Gasteiger partial charge is 0.243 e. The third kappa shape index (κ3) is 4.31. The molecule has 0 radical (unpaired) electrons. The molecule has 33 heavy (non-hydrogen) atoms. The molecule has 1 aliphatic carbocycles. The molecule has 9 heteroatoms. The summed E-state index contributed by atoms with van der Waals surface area (Å²) in [7, 11) is -3.74. The first-order valence-corrected chi connectivity index (χ1v) is 13.0. The van der Waals surface area contributed by atoms with E-state index in [2.05, 4.69) is 5.32 Å². The van der Waals surface area contributed by atoms with Gasteiger partial charge >= 0.3 is 0 Å². The number of piperidine rings is 1. The second-order valence-electron chi connectivity index (χ2n) is 9.33. The SMILES string of the molecule is C[C@@H]1Cc2cc(S(=O)(=O)N3CCC[C@H](C(=O)NCc4ccco4)C3)ccc2N1C(=O)C1CC1. The standard InChI is InChI=1S/C24H29N3O5S/c1-16-12-19-13-21(8-9-22(19)27(16)24(29)17-6-7-17)33(30,31)26-10-2-4-18(15-26)23(28)25-14-20-5-3-11-32-20/h3,5,8-9,11,13,16-18H,2,4,6-7,10,12,14-15H2,1H3,(H,25,28)/t16-,18+/m1/s1. The molecule has 8 nitrogen and oxygen atoms in total. The van der Waals surface area contributed by atoms with Crippen LogP contribution in [0.3, 0.4) is 0 Å². The number of sulfonamides is 1. The molecule has 0 unspecified atom stereocenters. The van der Waals surface area contributed by atoms with Crippen molar-refractivity contribution in [3.63, 3.8) is 0 Å². The summed E-state index contributed by atoms with van der Waals surface area (Å²) in [5.74, 6) is 0.362. The highest BCUT2D eigenvalue weighted by Gasteiger charge is 2.40. The summed E-state index contributed by atoms with van der Waals surface area (Å²) in [4.78, 5) is 27.4. The van der Waals surface area contributed by atoms with Crippen LogP contribution in [-0.2, 0) is 32.6 Å². The van der Waals surface area contributed by atoms with E-state index in [9.17, 15) is 18.0 Å². The normalized spacial score (nSPS) is 23.4. The molecule has 176 valence electrons. The second kappa shape index (κ2) is 8.61. The number of fused-ring (bicyclic) bond motifs is 1. The van der Waals surface area contributed by atoms with Gasteiger partial charge in [-0.3, -0.25) is 9.59 Å². The molecule has 2 fully saturated rings. The highest BCUT2D eigenvalue weighted by atomic mass is 32.2. The topological polar surface area (TPSA) is 99.9 Å². The van der Waals surface area contributed by atoms with E-state index in [-0.39, 0.29) is 41.8 Å². The first kappa shape index (κ1) is 22.2. The van der Waals surface area contributed by atoms with Gasteiger partial charge in [-0.05, 0) is 74.9 Å². The Morgan fingerprint density at radius 3 is 2.70 bits per heavy atom. The molecule has 5 rings (SSSR count). The van der Waals surface area contributed by atoms with Crippen molar-refractivity contribution in [1.29, 1.82) is 0 Å². The number of carbonyl (C=O) groups is 2. The molecule has 3 aliphatic rings. The Hall–Kier alpha value is -2.65. The molecule has 1 saturated carbocycles. The fourth-order valence-electron chi connectivity index (χ4n) is 4.89. The molecular weight excluding hydrogens is 442 g/mol. The van der Waals surface area contributed by atoms with Gasteiger partial charge < -0.3 is 14.6 Å². The van der Waals surface area contributed by atoms with Crippen LogP contribution in [0.25, 0.3) is 0 Å². The molecule has 1 aromatic carbocycles. The van der Waals surface area contributed by atoms with Gasteiger partial charge in [-0.15, -0.1) is 0 Å². The quantitative estimate of drug-likeness (QED) is 0.698. The van der Waals surface area contributed by atoms with Crippen LogP contribution in [0.4, 0.5) is 5.69 Å². The fraction of sp³-hybridized carbons (Fsp3) is 0.500. The minimum Gasteiger partial charge on any atom is -0.467 e. The summed E-state index contributed by atoms with van der Waals surface area (Å²) in [5, 5.41) is 2.84. The largest absolute Gasteiger partial charge is 0.467 e. The van der Waals surface area contributed by atoms with E-state index in [0.29, 0.717) is 31.6 Å². The number of furan rings is 1. The van der Waals surface area contributed by atoms with E-state index >= 15 is 0 Å². The van der Waals surface area contributed by atoms with E-state index in [1.165, 1.54) is 4.31 Å². The molecule has 2 amide bonds. The Kier molecular flexibility index (Phi) is 5.78. The summed E-state index contributed by atoms with van der Waals surface area (Å²) in [6.07, 6.45) is 5.35. The zero-order chi connectivity index (χ0) is 23.2. The Bertz CT molecular complexity index is 1160. The number of carbonyl (C=O) groups excluding carboxylic acids is 2. The highest BCUT2D eigenvalue weighted by molar-refractivity contribution is 7.89. The van der Waals surface area contributed by atoms with Gasteiger partial charge in [0.1, 0.15) is 5.76 Å². The molecule has 1 saturated heterocycles. The summed E-state index contributed by atoms with van der Waals surface area (Å²) >= 11 is 0. The number of benzene rings is 1. The Balaban J connectivity index is 1.29. The molecule has 2 aromatic rings. The zero-order valence-electron chi connectivity index (χ0n) is 18.7. The lowest BCUT2D eigenvalue weighted by Gasteiger charge is -2.31. The number of nitrogens with one attached hydrogen (secondary N) is 1. The van der Waals surface area contributed by atoms with Crippen LogP contribution < -0.4 is 10.2 Å². The van der Waals surface area contributed by atoms with Crippen LogP contribution in [0.5, 0.6) is 0 Å². The summed E-state index contributed by atoms with van der Waals surface area (Å²) in [5.41, 5.74) is 1.72. The molecule has 3 heterocycles. The minimum absolute atomic E-state index is 0.0308. The van der Waals surface area contributed by atoms with Gasteiger partial charge in [-0.2, -0.15) is 4.31 Å². The summed E-state index contributed by atoms with van der Waals surface area (Å²) < 4.78 is 33.5. The minimum atomic E-state index is -3.74. The van der Waals surface area contributed by atoms with Crippen LogP contribution in [0, 0.1) is 11.8 Å². The predicted molar refractivity (Wildman–Crippen MR) is 122 cm³/mol. The molecule has 0 spiro atoms. The van der Waals surface area contributed by atoms with Gasteiger partial charge in [0.15, 0.2) is 0 Å². The van der Waals surface area contributed by atoms with Gasteiger partial charge in [0, 0.05) is 30.7 Å². The van der Waals surface area contributed by atoms with Crippen molar-refractivity contribution in [2.24, 2.45) is 11.8 Å². The van der Waals surface area contributed by atoms with Gasteiger partial charge in [0.2, 0.25) is 21.8 Å². The molecular formula is C24H29N3O5S. The maximum Gasteiger partial charge on any atom is 0.243 e. The van der Waals surface area contributed by atoms with Crippen molar-refractivity contribution < 1.29 is 22.4 Å². The molecule has 1 aromatic heterocycles. The molecule has 1 N–H and O–H groups in total.